The lowest BCUT2D eigenvalue weighted by Crippen LogP contribution is -2.12. The second kappa shape index (κ2) is 6.95. The molecule has 8 heteroatoms. The standard InChI is InChI=1S/C16H18N6O2/c1-11(23)15-16(18-8-7-12-9-17-10-19-12)22(21-20-15)13-3-5-14(24-2)6-4-13/h3-6,9-10,18H,7-8H2,1-2H3,(H,17,19). The fourth-order valence-corrected chi connectivity index (χ4v) is 2.32. The Hall–Kier alpha value is -3.16. The van der Waals surface area contributed by atoms with Crippen LogP contribution < -0.4 is 10.1 Å². The summed E-state index contributed by atoms with van der Waals surface area (Å²) < 4.78 is 6.77. The number of ether oxygens (including phenoxy) is 1. The lowest BCUT2D eigenvalue weighted by Gasteiger charge is -2.10. The van der Waals surface area contributed by atoms with Crippen LogP contribution in [0.5, 0.6) is 5.75 Å². The van der Waals surface area contributed by atoms with E-state index < -0.39 is 0 Å². The van der Waals surface area contributed by atoms with Gasteiger partial charge in [0, 0.05) is 31.8 Å². The summed E-state index contributed by atoms with van der Waals surface area (Å²) in [6.45, 7) is 2.09. The lowest BCUT2D eigenvalue weighted by atomic mass is 10.2. The number of carbonyl (C=O) groups is 1. The van der Waals surface area contributed by atoms with Crippen LogP contribution in [0.1, 0.15) is 23.1 Å². The zero-order chi connectivity index (χ0) is 16.9. The highest BCUT2D eigenvalue weighted by molar-refractivity contribution is 5.96. The van der Waals surface area contributed by atoms with E-state index in [1.165, 1.54) is 6.92 Å². The molecular formula is C16H18N6O2. The summed E-state index contributed by atoms with van der Waals surface area (Å²) in [6, 6.07) is 7.38. The second-order valence-electron chi connectivity index (χ2n) is 5.21. The van der Waals surface area contributed by atoms with Gasteiger partial charge in [0.25, 0.3) is 0 Å². The largest absolute Gasteiger partial charge is 0.497 e. The molecule has 0 bridgehead atoms. The first-order valence-corrected chi connectivity index (χ1v) is 7.51. The summed E-state index contributed by atoms with van der Waals surface area (Å²) in [6.07, 6.45) is 4.15. The van der Waals surface area contributed by atoms with Crippen LogP contribution in [-0.2, 0) is 6.42 Å². The first-order valence-electron chi connectivity index (χ1n) is 7.51. The van der Waals surface area contributed by atoms with Crippen molar-refractivity contribution < 1.29 is 9.53 Å². The average molecular weight is 326 g/mol. The third-order valence-electron chi connectivity index (χ3n) is 3.56. The van der Waals surface area contributed by atoms with Gasteiger partial charge < -0.3 is 15.0 Å². The van der Waals surface area contributed by atoms with E-state index in [-0.39, 0.29) is 5.78 Å². The molecule has 0 amide bonds. The van der Waals surface area contributed by atoms with Gasteiger partial charge in [0.1, 0.15) is 5.75 Å². The highest BCUT2D eigenvalue weighted by Gasteiger charge is 2.17. The number of hydrogen-bond donors (Lipinski definition) is 2. The van der Waals surface area contributed by atoms with E-state index in [0.29, 0.717) is 18.1 Å². The van der Waals surface area contributed by atoms with Crippen molar-refractivity contribution in [3.63, 3.8) is 0 Å². The van der Waals surface area contributed by atoms with Gasteiger partial charge in [-0.3, -0.25) is 4.79 Å². The first-order chi connectivity index (χ1) is 11.7. The van der Waals surface area contributed by atoms with Crippen LogP contribution in [0, 0.1) is 0 Å². The molecule has 2 aromatic heterocycles. The Morgan fingerprint density at radius 2 is 2.12 bits per heavy atom. The smallest absolute Gasteiger partial charge is 0.183 e. The van der Waals surface area contributed by atoms with Crippen molar-refractivity contribution >= 4 is 11.6 Å². The SMILES string of the molecule is COc1ccc(-n2nnc(C(C)=O)c2NCCc2cnc[nH]2)cc1. The topological polar surface area (TPSA) is 97.7 Å². The summed E-state index contributed by atoms with van der Waals surface area (Å²) in [5.74, 6) is 1.19. The molecule has 3 rings (SSSR count). The van der Waals surface area contributed by atoms with Crippen LogP contribution in [0.25, 0.3) is 5.69 Å². The molecule has 0 unspecified atom stereocenters. The van der Waals surface area contributed by atoms with E-state index in [4.69, 9.17) is 4.74 Å². The molecular weight excluding hydrogens is 308 g/mol. The van der Waals surface area contributed by atoms with Gasteiger partial charge in [-0.15, -0.1) is 5.10 Å². The molecule has 2 heterocycles. The van der Waals surface area contributed by atoms with E-state index >= 15 is 0 Å². The minimum absolute atomic E-state index is 0.140. The van der Waals surface area contributed by atoms with Gasteiger partial charge in [0.2, 0.25) is 0 Å². The zero-order valence-corrected chi connectivity index (χ0v) is 13.5. The number of H-pyrrole nitrogens is 1. The monoisotopic (exact) mass is 326 g/mol. The first kappa shape index (κ1) is 15.7. The number of carbonyl (C=O) groups excluding carboxylic acids is 1. The molecule has 0 saturated heterocycles. The number of nitrogens with one attached hydrogen (secondary N) is 2. The normalized spacial score (nSPS) is 10.6. The molecule has 8 nitrogen and oxygen atoms in total. The summed E-state index contributed by atoms with van der Waals surface area (Å²) in [7, 11) is 1.61. The van der Waals surface area contributed by atoms with Crippen molar-refractivity contribution in [2.45, 2.75) is 13.3 Å². The van der Waals surface area contributed by atoms with Crippen LogP contribution in [0.3, 0.4) is 0 Å². The third kappa shape index (κ3) is 3.27. The molecule has 0 saturated carbocycles. The average Bonchev–Trinajstić information content (AvgIpc) is 3.25. The molecule has 3 aromatic rings. The molecule has 0 fully saturated rings. The fraction of sp³-hybridized carbons (Fsp3) is 0.250. The Kier molecular flexibility index (Phi) is 4.55. The van der Waals surface area contributed by atoms with Gasteiger partial charge >= 0.3 is 0 Å². The highest BCUT2D eigenvalue weighted by atomic mass is 16.5. The van der Waals surface area contributed by atoms with Crippen molar-refractivity contribution in [2.75, 3.05) is 19.0 Å². The van der Waals surface area contributed by atoms with Crippen molar-refractivity contribution in [3.05, 3.63) is 48.2 Å². The zero-order valence-electron chi connectivity index (χ0n) is 13.5. The number of aromatic nitrogens is 5. The van der Waals surface area contributed by atoms with Gasteiger partial charge in [0.15, 0.2) is 17.3 Å². The van der Waals surface area contributed by atoms with Crippen LogP contribution >= 0.6 is 0 Å². The molecule has 2 N–H and O–H groups in total. The van der Waals surface area contributed by atoms with Crippen LogP contribution in [0.4, 0.5) is 5.82 Å². The minimum atomic E-state index is -0.140. The van der Waals surface area contributed by atoms with Gasteiger partial charge in [-0.2, -0.15) is 4.68 Å². The molecule has 0 aliphatic rings. The number of Topliss-reactive ketones (excluding diaryl/α,β-unsaturated/α-hetero) is 1. The number of hydrogen-bond acceptors (Lipinski definition) is 6. The van der Waals surface area contributed by atoms with Crippen LogP contribution in [-0.4, -0.2) is 44.4 Å². The van der Waals surface area contributed by atoms with E-state index in [0.717, 1.165) is 23.6 Å². The van der Waals surface area contributed by atoms with Gasteiger partial charge in [0.05, 0.1) is 19.1 Å². The second-order valence-corrected chi connectivity index (χ2v) is 5.21. The Bertz CT molecular complexity index is 808. The van der Waals surface area contributed by atoms with Gasteiger partial charge in [-0.25, -0.2) is 4.98 Å². The van der Waals surface area contributed by atoms with E-state index in [9.17, 15) is 4.79 Å². The highest BCUT2D eigenvalue weighted by Crippen LogP contribution is 2.21. The van der Waals surface area contributed by atoms with Gasteiger partial charge in [-0.1, -0.05) is 5.21 Å². The molecule has 0 aliphatic carbocycles. The number of rotatable bonds is 7. The number of methoxy groups -OCH3 is 1. The summed E-state index contributed by atoms with van der Waals surface area (Å²) in [4.78, 5) is 18.8. The molecule has 1 aromatic carbocycles. The van der Waals surface area contributed by atoms with Crippen LogP contribution in [0.15, 0.2) is 36.8 Å². The Morgan fingerprint density at radius 3 is 2.75 bits per heavy atom. The number of aromatic amines is 1. The fourth-order valence-electron chi connectivity index (χ4n) is 2.32. The van der Waals surface area contributed by atoms with Crippen molar-refractivity contribution in [1.82, 2.24) is 25.0 Å². The van der Waals surface area contributed by atoms with E-state index in [1.54, 1.807) is 24.3 Å². The lowest BCUT2D eigenvalue weighted by molar-refractivity contribution is 0.101. The Morgan fingerprint density at radius 1 is 1.33 bits per heavy atom. The molecule has 24 heavy (non-hydrogen) atoms. The summed E-state index contributed by atoms with van der Waals surface area (Å²) in [5, 5.41) is 11.3. The Labute approximate surface area is 138 Å². The predicted molar refractivity (Wildman–Crippen MR) is 88.7 cm³/mol. The van der Waals surface area contributed by atoms with E-state index in [1.807, 2.05) is 24.3 Å². The van der Waals surface area contributed by atoms with Crippen molar-refractivity contribution in [2.24, 2.45) is 0 Å². The number of nitrogens with zero attached hydrogens (tertiary/aromatic N) is 4. The predicted octanol–water partition coefficient (Wildman–Crippen LogP) is 1.86. The number of imidazole rings is 1. The van der Waals surface area contributed by atoms with Gasteiger partial charge in [-0.05, 0) is 24.3 Å². The number of anilines is 1. The quantitative estimate of drug-likeness (QED) is 0.643. The molecule has 0 spiro atoms. The molecule has 0 atom stereocenters. The number of ketones is 1. The third-order valence-corrected chi connectivity index (χ3v) is 3.56. The van der Waals surface area contributed by atoms with E-state index in [2.05, 4.69) is 25.6 Å². The maximum Gasteiger partial charge on any atom is 0.183 e. The maximum absolute atomic E-state index is 11.8. The summed E-state index contributed by atoms with van der Waals surface area (Å²) >= 11 is 0. The van der Waals surface area contributed by atoms with Crippen molar-refractivity contribution in [1.29, 1.82) is 0 Å². The maximum atomic E-state index is 11.8. The minimum Gasteiger partial charge on any atom is -0.497 e. The molecule has 124 valence electrons. The number of benzene rings is 1. The summed E-state index contributed by atoms with van der Waals surface area (Å²) in [5.41, 5.74) is 2.12. The van der Waals surface area contributed by atoms with Crippen LogP contribution in [0.2, 0.25) is 0 Å². The molecule has 0 radical (unpaired) electrons. The molecule has 0 aliphatic heterocycles. The Balaban J connectivity index is 1.84. The van der Waals surface area contributed by atoms with Crippen molar-refractivity contribution in [3.8, 4) is 11.4 Å².